The molecule has 0 aliphatic rings. The molecule has 0 aliphatic heterocycles. The number of urea groups is 1. The molecule has 0 fully saturated rings. The number of benzene rings is 3. The quantitative estimate of drug-likeness (QED) is 0.603. The first-order chi connectivity index (χ1) is 13.5. The Bertz CT molecular complexity index is 1000. The fraction of sp³-hybridized carbons (Fsp3) is 0.0909. The maximum Gasteiger partial charge on any atom is 0.319 e. The highest BCUT2D eigenvalue weighted by Crippen LogP contribution is 2.14. The summed E-state index contributed by atoms with van der Waals surface area (Å²) in [5.41, 5.74) is 3.31. The highest BCUT2D eigenvalue weighted by atomic mass is 19.1. The van der Waals surface area contributed by atoms with E-state index in [2.05, 4.69) is 16.0 Å². The SMILES string of the molecule is Cc1cccc(CNC(=O)Nc2cccc(C(=O)Nc3cccc(F)c3)c2)c1. The lowest BCUT2D eigenvalue weighted by molar-refractivity contribution is 0.102. The molecule has 0 heterocycles. The molecule has 5 nitrogen and oxygen atoms in total. The van der Waals surface area contributed by atoms with Crippen LogP contribution >= 0.6 is 0 Å². The van der Waals surface area contributed by atoms with Gasteiger partial charge in [-0.05, 0) is 48.9 Å². The zero-order chi connectivity index (χ0) is 19.9. The molecule has 0 aliphatic carbocycles. The number of hydrogen-bond donors (Lipinski definition) is 3. The van der Waals surface area contributed by atoms with E-state index >= 15 is 0 Å². The van der Waals surface area contributed by atoms with Gasteiger partial charge in [0.2, 0.25) is 0 Å². The Morgan fingerprint density at radius 3 is 2.32 bits per heavy atom. The first-order valence-electron chi connectivity index (χ1n) is 8.77. The second kappa shape index (κ2) is 8.81. The minimum absolute atomic E-state index is 0.348. The predicted molar refractivity (Wildman–Crippen MR) is 108 cm³/mol. The molecular formula is C22H20FN3O2. The van der Waals surface area contributed by atoms with Gasteiger partial charge in [-0.25, -0.2) is 9.18 Å². The van der Waals surface area contributed by atoms with Crippen molar-refractivity contribution in [1.29, 1.82) is 0 Å². The molecule has 3 rings (SSSR count). The fourth-order valence-electron chi connectivity index (χ4n) is 2.69. The highest BCUT2D eigenvalue weighted by Gasteiger charge is 2.09. The van der Waals surface area contributed by atoms with Crippen LogP contribution in [0, 0.1) is 12.7 Å². The molecule has 0 saturated carbocycles. The van der Waals surface area contributed by atoms with Gasteiger partial charge in [-0.15, -0.1) is 0 Å². The van der Waals surface area contributed by atoms with Gasteiger partial charge < -0.3 is 16.0 Å². The first-order valence-corrected chi connectivity index (χ1v) is 8.77. The Labute approximate surface area is 162 Å². The summed E-state index contributed by atoms with van der Waals surface area (Å²) < 4.78 is 13.2. The van der Waals surface area contributed by atoms with Gasteiger partial charge in [-0.1, -0.05) is 42.0 Å². The Morgan fingerprint density at radius 2 is 1.57 bits per heavy atom. The molecule has 0 atom stereocenters. The Morgan fingerprint density at radius 1 is 0.857 bits per heavy atom. The Hall–Kier alpha value is -3.67. The minimum atomic E-state index is -0.432. The zero-order valence-corrected chi connectivity index (χ0v) is 15.3. The van der Waals surface area contributed by atoms with Crippen LogP contribution in [0.15, 0.2) is 72.8 Å². The average molecular weight is 377 g/mol. The van der Waals surface area contributed by atoms with E-state index in [4.69, 9.17) is 0 Å². The second-order valence-electron chi connectivity index (χ2n) is 6.34. The number of halogens is 1. The van der Waals surface area contributed by atoms with Crippen molar-refractivity contribution in [1.82, 2.24) is 5.32 Å². The van der Waals surface area contributed by atoms with E-state index < -0.39 is 11.7 Å². The lowest BCUT2D eigenvalue weighted by Crippen LogP contribution is -2.28. The maximum atomic E-state index is 13.2. The lowest BCUT2D eigenvalue weighted by Gasteiger charge is -2.10. The first kappa shape index (κ1) is 19.1. The van der Waals surface area contributed by atoms with Crippen LogP contribution in [0.3, 0.4) is 0 Å². The number of carbonyl (C=O) groups excluding carboxylic acids is 2. The van der Waals surface area contributed by atoms with Crippen LogP contribution < -0.4 is 16.0 Å². The van der Waals surface area contributed by atoms with Gasteiger partial charge in [0.15, 0.2) is 0 Å². The number of carbonyl (C=O) groups is 2. The topological polar surface area (TPSA) is 70.2 Å². The zero-order valence-electron chi connectivity index (χ0n) is 15.3. The molecular weight excluding hydrogens is 357 g/mol. The van der Waals surface area contributed by atoms with E-state index in [1.807, 2.05) is 31.2 Å². The molecule has 3 amide bonds. The molecule has 0 spiro atoms. The van der Waals surface area contributed by atoms with Crippen molar-refractivity contribution in [3.8, 4) is 0 Å². The van der Waals surface area contributed by atoms with Gasteiger partial charge in [0.05, 0.1) is 0 Å². The van der Waals surface area contributed by atoms with Gasteiger partial charge in [0.25, 0.3) is 5.91 Å². The average Bonchev–Trinajstić information content (AvgIpc) is 2.67. The normalized spacial score (nSPS) is 10.2. The Kier molecular flexibility index (Phi) is 6.01. The van der Waals surface area contributed by atoms with E-state index in [0.29, 0.717) is 23.5 Å². The molecule has 0 aromatic heterocycles. The minimum Gasteiger partial charge on any atom is -0.334 e. The lowest BCUT2D eigenvalue weighted by atomic mass is 10.1. The number of anilines is 2. The molecule has 0 unspecified atom stereocenters. The summed E-state index contributed by atoms with van der Waals surface area (Å²) in [5.74, 6) is -0.826. The molecule has 0 radical (unpaired) electrons. The van der Waals surface area contributed by atoms with Crippen molar-refractivity contribution < 1.29 is 14.0 Å². The smallest absolute Gasteiger partial charge is 0.319 e. The summed E-state index contributed by atoms with van der Waals surface area (Å²) in [6.07, 6.45) is 0. The van der Waals surface area contributed by atoms with Crippen molar-refractivity contribution in [2.45, 2.75) is 13.5 Å². The van der Waals surface area contributed by atoms with E-state index in [1.165, 1.54) is 18.2 Å². The van der Waals surface area contributed by atoms with Gasteiger partial charge >= 0.3 is 6.03 Å². The van der Waals surface area contributed by atoms with E-state index in [9.17, 15) is 14.0 Å². The summed E-state index contributed by atoms with van der Waals surface area (Å²) in [7, 11) is 0. The molecule has 0 bridgehead atoms. The second-order valence-corrected chi connectivity index (χ2v) is 6.34. The number of aryl methyl sites for hydroxylation is 1. The molecule has 3 N–H and O–H groups in total. The van der Waals surface area contributed by atoms with Crippen molar-refractivity contribution in [2.24, 2.45) is 0 Å². The number of nitrogens with one attached hydrogen (secondary N) is 3. The standard InChI is InChI=1S/C22H20FN3O2/c1-15-5-2-6-16(11-15)14-24-22(28)26-19-9-3-7-17(12-19)21(27)25-20-10-4-8-18(23)13-20/h2-13H,14H2,1H3,(H,25,27)(H2,24,26,28). The van der Waals surface area contributed by atoms with Crippen LogP contribution in [0.25, 0.3) is 0 Å². The van der Waals surface area contributed by atoms with Crippen LogP contribution in [-0.2, 0) is 6.54 Å². The third-order valence-corrected chi connectivity index (χ3v) is 4.00. The third-order valence-electron chi connectivity index (χ3n) is 4.00. The van der Waals surface area contributed by atoms with Gasteiger partial charge in [-0.2, -0.15) is 0 Å². The summed E-state index contributed by atoms with van der Waals surface area (Å²) in [6, 6.07) is 19.7. The van der Waals surface area contributed by atoms with E-state index in [1.54, 1.807) is 30.3 Å². The van der Waals surface area contributed by atoms with Gasteiger partial charge in [0, 0.05) is 23.5 Å². The fourth-order valence-corrected chi connectivity index (χ4v) is 2.69. The van der Waals surface area contributed by atoms with Crippen LogP contribution in [0.2, 0.25) is 0 Å². The summed E-state index contributed by atoms with van der Waals surface area (Å²) >= 11 is 0. The molecule has 6 heteroatoms. The van der Waals surface area contributed by atoms with E-state index in [-0.39, 0.29) is 6.03 Å². The molecule has 0 saturated heterocycles. The van der Waals surface area contributed by atoms with Gasteiger partial charge in [-0.3, -0.25) is 4.79 Å². The maximum absolute atomic E-state index is 13.2. The van der Waals surface area contributed by atoms with Crippen molar-refractivity contribution in [3.63, 3.8) is 0 Å². The Balaban J connectivity index is 1.59. The number of amides is 3. The summed E-state index contributed by atoms with van der Waals surface area (Å²) in [5, 5.41) is 8.11. The van der Waals surface area contributed by atoms with Gasteiger partial charge in [0.1, 0.15) is 5.82 Å². The van der Waals surface area contributed by atoms with Crippen LogP contribution in [0.5, 0.6) is 0 Å². The largest absolute Gasteiger partial charge is 0.334 e. The van der Waals surface area contributed by atoms with Crippen molar-refractivity contribution in [3.05, 3.63) is 95.3 Å². The van der Waals surface area contributed by atoms with E-state index in [0.717, 1.165) is 11.1 Å². The molecule has 3 aromatic rings. The predicted octanol–water partition coefficient (Wildman–Crippen LogP) is 4.71. The van der Waals surface area contributed by atoms with Crippen LogP contribution in [-0.4, -0.2) is 11.9 Å². The number of hydrogen-bond acceptors (Lipinski definition) is 2. The molecule has 142 valence electrons. The van der Waals surface area contributed by atoms with Crippen molar-refractivity contribution in [2.75, 3.05) is 10.6 Å². The molecule has 3 aromatic carbocycles. The summed E-state index contributed by atoms with van der Waals surface area (Å²) in [4.78, 5) is 24.5. The number of rotatable bonds is 5. The van der Waals surface area contributed by atoms with Crippen molar-refractivity contribution >= 4 is 23.3 Å². The monoisotopic (exact) mass is 377 g/mol. The summed E-state index contributed by atoms with van der Waals surface area (Å²) in [6.45, 7) is 2.39. The molecule has 28 heavy (non-hydrogen) atoms. The highest BCUT2D eigenvalue weighted by molar-refractivity contribution is 6.05. The third kappa shape index (κ3) is 5.41. The van der Waals surface area contributed by atoms with Crippen LogP contribution in [0.4, 0.5) is 20.6 Å². The van der Waals surface area contributed by atoms with Crippen LogP contribution in [0.1, 0.15) is 21.5 Å².